The molecule has 1 aliphatic heterocycles. The molecule has 0 spiro atoms. The third kappa shape index (κ3) is 2.78. The van der Waals surface area contributed by atoms with Gasteiger partial charge < -0.3 is 5.32 Å². The van der Waals surface area contributed by atoms with Crippen molar-refractivity contribution in [3.05, 3.63) is 33.8 Å². The molecule has 1 N–H and O–H groups in total. The Hall–Kier alpha value is 0.01000. The Balaban J connectivity index is 1.60. The van der Waals surface area contributed by atoms with Gasteiger partial charge in [0.2, 0.25) is 0 Å². The molecule has 1 aromatic carbocycles. The quantitative estimate of drug-likeness (QED) is 0.895. The number of benzene rings is 1. The predicted octanol–water partition coefficient (Wildman–Crippen LogP) is 4.17. The van der Waals surface area contributed by atoms with Gasteiger partial charge in [0.25, 0.3) is 0 Å². The van der Waals surface area contributed by atoms with Gasteiger partial charge in [-0.05, 0) is 66.8 Å². The van der Waals surface area contributed by atoms with Crippen molar-refractivity contribution in [1.29, 1.82) is 0 Å². The minimum Gasteiger partial charge on any atom is -0.310 e. The van der Waals surface area contributed by atoms with E-state index in [2.05, 4.69) is 51.2 Å². The lowest BCUT2D eigenvalue weighted by Gasteiger charge is -2.24. The zero-order chi connectivity index (χ0) is 12.4. The molecule has 1 aromatic rings. The molecule has 0 bridgehead atoms. The van der Waals surface area contributed by atoms with Crippen molar-refractivity contribution < 1.29 is 0 Å². The van der Waals surface area contributed by atoms with E-state index in [4.69, 9.17) is 0 Å². The third-order valence-corrected chi connectivity index (χ3v) is 6.00. The highest BCUT2D eigenvalue weighted by atomic mass is 79.9. The average Bonchev–Trinajstić information content (AvgIpc) is 2.82. The molecule has 0 radical (unpaired) electrons. The van der Waals surface area contributed by atoms with E-state index < -0.39 is 0 Å². The highest BCUT2D eigenvalue weighted by molar-refractivity contribution is 9.10. The first-order valence-electron chi connectivity index (χ1n) is 6.93. The molecular weight excluding hydrogens is 306 g/mol. The zero-order valence-corrected chi connectivity index (χ0v) is 13.0. The SMILES string of the molecule is Brc1cccc2c1CCC2NCC1CCSCC1. The van der Waals surface area contributed by atoms with Gasteiger partial charge in [-0.1, -0.05) is 28.1 Å². The van der Waals surface area contributed by atoms with Gasteiger partial charge in [-0.25, -0.2) is 0 Å². The minimum absolute atomic E-state index is 0.590. The van der Waals surface area contributed by atoms with Gasteiger partial charge in [0.15, 0.2) is 0 Å². The van der Waals surface area contributed by atoms with E-state index in [1.165, 1.54) is 59.3 Å². The Morgan fingerprint density at radius 1 is 1.22 bits per heavy atom. The number of halogens is 1. The van der Waals surface area contributed by atoms with Gasteiger partial charge in [0.1, 0.15) is 0 Å². The van der Waals surface area contributed by atoms with Crippen molar-refractivity contribution in [2.45, 2.75) is 31.7 Å². The number of rotatable bonds is 3. The summed E-state index contributed by atoms with van der Waals surface area (Å²) < 4.78 is 1.29. The van der Waals surface area contributed by atoms with E-state index in [9.17, 15) is 0 Å². The van der Waals surface area contributed by atoms with Crippen LogP contribution in [0, 0.1) is 5.92 Å². The number of hydrogen-bond donors (Lipinski definition) is 1. The van der Waals surface area contributed by atoms with Crippen LogP contribution in [-0.4, -0.2) is 18.1 Å². The second-order valence-corrected chi connectivity index (χ2v) is 7.44. The van der Waals surface area contributed by atoms with Crippen LogP contribution < -0.4 is 5.32 Å². The molecule has 0 amide bonds. The fraction of sp³-hybridized carbons (Fsp3) is 0.600. The summed E-state index contributed by atoms with van der Waals surface area (Å²) in [7, 11) is 0. The standard InChI is InChI=1S/C15H20BrNS/c16-14-3-1-2-13-12(14)4-5-15(13)17-10-11-6-8-18-9-7-11/h1-3,11,15,17H,4-10H2. The van der Waals surface area contributed by atoms with Crippen LogP contribution in [0.1, 0.15) is 36.4 Å². The van der Waals surface area contributed by atoms with Crippen LogP contribution in [0.4, 0.5) is 0 Å². The summed E-state index contributed by atoms with van der Waals surface area (Å²) >= 11 is 5.79. The van der Waals surface area contributed by atoms with Crippen molar-refractivity contribution in [2.24, 2.45) is 5.92 Å². The predicted molar refractivity (Wildman–Crippen MR) is 83.3 cm³/mol. The smallest absolute Gasteiger partial charge is 0.0326 e. The second-order valence-electron chi connectivity index (χ2n) is 5.36. The van der Waals surface area contributed by atoms with Crippen LogP contribution in [0.5, 0.6) is 0 Å². The van der Waals surface area contributed by atoms with E-state index in [0.717, 1.165) is 5.92 Å². The van der Waals surface area contributed by atoms with Crippen molar-refractivity contribution in [3.8, 4) is 0 Å². The Labute approximate surface area is 122 Å². The number of fused-ring (bicyclic) bond motifs is 1. The van der Waals surface area contributed by atoms with Crippen LogP contribution in [0.2, 0.25) is 0 Å². The lowest BCUT2D eigenvalue weighted by molar-refractivity contribution is 0.409. The summed E-state index contributed by atoms with van der Waals surface area (Å²) in [4.78, 5) is 0. The van der Waals surface area contributed by atoms with Gasteiger partial charge in [-0.3, -0.25) is 0 Å². The molecule has 1 unspecified atom stereocenters. The highest BCUT2D eigenvalue weighted by Gasteiger charge is 2.24. The largest absolute Gasteiger partial charge is 0.310 e. The summed E-state index contributed by atoms with van der Waals surface area (Å²) in [6.07, 6.45) is 5.28. The molecule has 3 rings (SSSR count). The molecule has 0 aromatic heterocycles. The van der Waals surface area contributed by atoms with Crippen molar-refractivity contribution >= 4 is 27.7 Å². The fourth-order valence-corrected chi connectivity index (χ4v) is 4.87. The Kier molecular flexibility index (Phi) is 4.32. The number of hydrogen-bond acceptors (Lipinski definition) is 2. The summed E-state index contributed by atoms with van der Waals surface area (Å²) in [5.41, 5.74) is 3.05. The van der Waals surface area contributed by atoms with E-state index in [0.29, 0.717) is 6.04 Å². The molecule has 2 aliphatic rings. The Morgan fingerprint density at radius 2 is 2.06 bits per heavy atom. The average molecular weight is 326 g/mol. The summed E-state index contributed by atoms with van der Waals surface area (Å²) in [5, 5.41) is 3.80. The van der Waals surface area contributed by atoms with Crippen LogP contribution in [0.25, 0.3) is 0 Å². The maximum Gasteiger partial charge on any atom is 0.0326 e. The van der Waals surface area contributed by atoms with E-state index in [1.54, 1.807) is 0 Å². The molecule has 1 atom stereocenters. The first-order valence-corrected chi connectivity index (χ1v) is 8.88. The van der Waals surface area contributed by atoms with Crippen LogP contribution in [0.15, 0.2) is 22.7 Å². The lowest BCUT2D eigenvalue weighted by Crippen LogP contribution is -2.28. The van der Waals surface area contributed by atoms with Crippen LogP contribution in [-0.2, 0) is 6.42 Å². The molecular formula is C15H20BrNS. The van der Waals surface area contributed by atoms with Crippen LogP contribution in [0.3, 0.4) is 0 Å². The van der Waals surface area contributed by atoms with Gasteiger partial charge in [-0.15, -0.1) is 0 Å². The molecule has 1 saturated heterocycles. The second kappa shape index (κ2) is 5.98. The maximum absolute atomic E-state index is 3.80. The fourth-order valence-electron chi connectivity index (χ4n) is 3.08. The van der Waals surface area contributed by atoms with Gasteiger partial charge in [0.05, 0.1) is 0 Å². The minimum atomic E-state index is 0.590. The van der Waals surface area contributed by atoms with Gasteiger partial charge in [0, 0.05) is 10.5 Å². The maximum atomic E-state index is 3.80. The van der Waals surface area contributed by atoms with E-state index in [1.807, 2.05) is 0 Å². The van der Waals surface area contributed by atoms with Crippen molar-refractivity contribution in [1.82, 2.24) is 5.32 Å². The molecule has 1 fully saturated rings. The Bertz CT molecular complexity index is 415. The summed E-state index contributed by atoms with van der Waals surface area (Å²) in [5.74, 6) is 3.63. The number of thioether (sulfide) groups is 1. The highest BCUT2D eigenvalue weighted by Crippen LogP contribution is 2.35. The molecule has 18 heavy (non-hydrogen) atoms. The number of nitrogens with one attached hydrogen (secondary N) is 1. The monoisotopic (exact) mass is 325 g/mol. The first kappa shape index (κ1) is 13.0. The van der Waals surface area contributed by atoms with E-state index >= 15 is 0 Å². The molecule has 1 aliphatic carbocycles. The first-order chi connectivity index (χ1) is 8.84. The molecule has 0 saturated carbocycles. The lowest BCUT2D eigenvalue weighted by atomic mass is 10.0. The van der Waals surface area contributed by atoms with Crippen molar-refractivity contribution in [3.63, 3.8) is 0 Å². The van der Waals surface area contributed by atoms with Crippen molar-refractivity contribution in [2.75, 3.05) is 18.1 Å². The summed E-state index contributed by atoms with van der Waals surface area (Å²) in [6.45, 7) is 1.21. The normalized spacial score (nSPS) is 24.2. The van der Waals surface area contributed by atoms with Gasteiger partial charge in [-0.2, -0.15) is 11.8 Å². The third-order valence-electron chi connectivity index (χ3n) is 4.21. The molecule has 3 heteroatoms. The summed E-state index contributed by atoms with van der Waals surface area (Å²) in [6, 6.07) is 7.22. The molecule has 1 nitrogen and oxygen atoms in total. The van der Waals surface area contributed by atoms with Gasteiger partial charge >= 0.3 is 0 Å². The van der Waals surface area contributed by atoms with E-state index in [-0.39, 0.29) is 0 Å². The van der Waals surface area contributed by atoms with Crippen LogP contribution >= 0.6 is 27.7 Å². The zero-order valence-electron chi connectivity index (χ0n) is 10.6. The topological polar surface area (TPSA) is 12.0 Å². The molecule has 1 heterocycles. The Morgan fingerprint density at radius 3 is 2.89 bits per heavy atom. The molecule has 98 valence electrons.